The van der Waals surface area contributed by atoms with Crippen LogP contribution in [0.15, 0.2) is 100 Å². The molecule has 2 heterocycles. The van der Waals surface area contributed by atoms with Gasteiger partial charge in [-0.25, -0.2) is 0 Å². The lowest BCUT2D eigenvalue weighted by molar-refractivity contribution is 0.0996. The number of amides is 1. The number of aryl methyl sites for hydroxylation is 1. The first-order chi connectivity index (χ1) is 16.1. The third-order valence-corrected chi connectivity index (χ3v) is 4.90. The van der Waals surface area contributed by atoms with Crippen LogP contribution in [0.3, 0.4) is 0 Å². The van der Waals surface area contributed by atoms with Gasteiger partial charge in [0, 0.05) is 16.8 Å². The van der Waals surface area contributed by atoms with Gasteiger partial charge >= 0.3 is 0 Å². The molecule has 0 unspecified atom stereocenters. The zero-order valence-corrected chi connectivity index (χ0v) is 17.7. The molecule has 7 heteroatoms. The van der Waals surface area contributed by atoms with E-state index < -0.39 is 0 Å². The van der Waals surface area contributed by atoms with E-state index in [9.17, 15) is 4.79 Å². The molecule has 33 heavy (non-hydrogen) atoms. The molecule has 0 aliphatic carbocycles. The maximum absolute atomic E-state index is 12.1. The lowest BCUT2D eigenvalue weighted by Crippen LogP contribution is -2.10. The summed E-state index contributed by atoms with van der Waals surface area (Å²) in [6.45, 7) is 2.02. The van der Waals surface area contributed by atoms with Crippen LogP contribution in [0.5, 0.6) is 11.5 Å². The van der Waals surface area contributed by atoms with Crippen molar-refractivity contribution < 1.29 is 18.5 Å². The summed E-state index contributed by atoms with van der Waals surface area (Å²) in [5, 5.41) is 6.85. The number of ether oxygens (including phenoxy) is 1. The number of aromatic nitrogens is 2. The molecule has 0 aliphatic heterocycles. The fourth-order valence-electron chi connectivity index (χ4n) is 3.24. The number of carbonyl (C=O) groups is 1. The van der Waals surface area contributed by atoms with Crippen LogP contribution in [0, 0.1) is 6.92 Å². The number of carbonyl (C=O) groups excluding carboxylic acids is 1. The summed E-state index contributed by atoms with van der Waals surface area (Å²) < 4.78 is 16.4. The van der Waals surface area contributed by atoms with Crippen LogP contribution < -0.4 is 10.1 Å². The summed E-state index contributed by atoms with van der Waals surface area (Å²) in [6.07, 6.45) is 1.45. The Morgan fingerprint density at radius 2 is 1.67 bits per heavy atom. The van der Waals surface area contributed by atoms with Crippen LogP contribution in [0.4, 0.5) is 5.69 Å². The van der Waals surface area contributed by atoms with Crippen molar-refractivity contribution in [3.8, 4) is 34.3 Å². The van der Waals surface area contributed by atoms with Crippen LogP contribution >= 0.6 is 0 Å². The SMILES string of the molecule is Cc1cccc(Oc2ccc(-c3noc(-c4ccc(NC(=O)c5ccco5)cc4)n3)cc2)c1. The standard InChI is InChI=1S/C26H19N3O4/c1-17-4-2-5-22(16-17)32-21-13-9-18(10-14-21)24-28-26(33-29-24)19-7-11-20(12-8-19)27-25(30)23-6-3-15-31-23/h2-16H,1H3,(H,27,30). The van der Waals surface area contributed by atoms with Crippen LogP contribution in [0.2, 0.25) is 0 Å². The Morgan fingerprint density at radius 1 is 0.879 bits per heavy atom. The monoisotopic (exact) mass is 437 g/mol. The van der Waals surface area contributed by atoms with Crippen molar-refractivity contribution in [2.45, 2.75) is 6.92 Å². The maximum atomic E-state index is 12.1. The van der Waals surface area contributed by atoms with Gasteiger partial charge in [-0.05, 0) is 85.3 Å². The van der Waals surface area contributed by atoms with E-state index in [1.54, 1.807) is 36.4 Å². The Hall–Kier alpha value is -4.65. The lowest BCUT2D eigenvalue weighted by atomic mass is 10.2. The van der Waals surface area contributed by atoms with Gasteiger partial charge < -0.3 is 19.0 Å². The van der Waals surface area contributed by atoms with Crippen molar-refractivity contribution in [1.29, 1.82) is 0 Å². The minimum atomic E-state index is -0.317. The number of benzene rings is 3. The average molecular weight is 437 g/mol. The Bertz CT molecular complexity index is 1370. The Balaban J connectivity index is 1.26. The first kappa shape index (κ1) is 20.3. The summed E-state index contributed by atoms with van der Waals surface area (Å²) in [5.74, 6) is 2.29. The zero-order chi connectivity index (χ0) is 22.6. The first-order valence-corrected chi connectivity index (χ1v) is 10.3. The minimum Gasteiger partial charge on any atom is -0.459 e. The molecular formula is C26H19N3O4. The first-order valence-electron chi connectivity index (χ1n) is 10.3. The van der Waals surface area contributed by atoms with E-state index in [-0.39, 0.29) is 11.7 Å². The molecule has 0 fully saturated rings. The second kappa shape index (κ2) is 8.84. The summed E-state index contributed by atoms with van der Waals surface area (Å²) >= 11 is 0. The number of furan rings is 1. The highest BCUT2D eigenvalue weighted by molar-refractivity contribution is 6.02. The largest absolute Gasteiger partial charge is 0.459 e. The van der Waals surface area contributed by atoms with Crippen molar-refractivity contribution in [3.05, 3.63) is 103 Å². The summed E-state index contributed by atoms with van der Waals surface area (Å²) in [6, 6.07) is 25.8. The van der Waals surface area contributed by atoms with E-state index in [0.29, 0.717) is 17.4 Å². The molecule has 162 valence electrons. The number of hydrogen-bond acceptors (Lipinski definition) is 6. The number of anilines is 1. The Labute approximate surface area is 189 Å². The maximum Gasteiger partial charge on any atom is 0.291 e. The smallest absolute Gasteiger partial charge is 0.291 e. The summed E-state index contributed by atoms with van der Waals surface area (Å²) in [5.41, 5.74) is 3.31. The van der Waals surface area contributed by atoms with E-state index >= 15 is 0 Å². The van der Waals surface area contributed by atoms with E-state index in [2.05, 4.69) is 15.5 Å². The van der Waals surface area contributed by atoms with Gasteiger partial charge in [-0.3, -0.25) is 4.79 Å². The molecule has 5 aromatic rings. The summed E-state index contributed by atoms with van der Waals surface area (Å²) in [7, 11) is 0. The number of nitrogens with zero attached hydrogens (tertiary/aromatic N) is 2. The fraction of sp³-hybridized carbons (Fsp3) is 0.0385. The molecule has 0 saturated heterocycles. The van der Waals surface area contributed by atoms with Gasteiger partial charge in [0.05, 0.1) is 6.26 Å². The van der Waals surface area contributed by atoms with Gasteiger partial charge in [0.15, 0.2) is 5.76 Å². The second-order valence-electron chi connectivity index (χ2n) is 7.37. The molecule has 5 rings (SSSR count). The molecule has 0 saturated carbocycles. The highest BCUT2D eigenvalue weighted by Gasteiger charge is 2.12. The number of nitrogens with one attached hydrogen (secondary N) is 1. The van der Waals surface area contributed by atoms with Gasteiger partial charge in [-0.1, -0.05) is 17.3 Å². The van der Waals surface area contributed by atoms with Crippen LogP contribution in [0.1, 0.15) is 16.1 Å². The van der Waals surface area contributed by atoms with Crippen molar-refractivity contribution >= 4 is 11.6 Å². The van der Waals surface area contributed by atoms with E-state index in [1.807, 2.05) is 55.5 Å². The molecule has 0 spiro atoms. The van der Waals surface area contributed by atoms with Gasteiger partial charge in [0.1, 0.15) is 11.5 Å². The molecule has 3 aromatic carbocycles. The molecule has 1 N–H and O–H groups in total. The van der Waals surface area contributed by atoms with Gasteiger partial charge in [-0.15, -0.1) is 0 Å². The quantitative estimate of drug-likeness (QED) is 0.333. The van der Waals surface area contributed by atoms with E-state index in [4.69, 9.17) is 13.7 Å². The third kappa shape index (κ3) is 4.67. The predicted octanol–water partition coefficient (Wildman–Crippen LogP) is 6.35. The van der Waals surface area contributed by atoms with Crippen molar-refractivity contribution in [3.63, 3.8) is 0 Å². The number of rotatable bonds is 6. The van der Waals surface area contributed by atoms with E-state index in [0.717, 1.165) is 28.2 Å². The molecule has 0 aliphatic rings. The van der Waals surface area contributed by atoms with Gasteiger partial charge in [0.25, 0.3) is 11.8 Å². The molecule has 0 bridgehead atoms. The Kier molecular flexibility index (Phi) is 5.43. The topological polar surface area (TPSA) is 90.4 Å². The normalized spacial score (nSPS) is 10.7. The molecule has 1 amide bonds. The average Bonchev–Trinajstić information content (AvgIpc) is 3.53. The fourth-order valence-corrected chi connectivity index (χ4v) is 3.24. The highest BCUT2D eigenvalue weighted by Crippen LogP contribution is 2.27. The molecule has 0 radical (unpaired) electrons. The van der Waals surface area contributed by atoms with Gasteiger partial charge in [-0.2, -0.15) is 4.98 Å². The lowest BCUT2D eigenvalue weighted by Gasteiger charge is -2.06. The molecular weight excluding hydrogens is 418 g/mol. The van der Waals surface area contributed by atoms with Crippen molar-refractivity contribution in [1.82, 2.24) is 10.1 Å². The van der Waals surface area contributed by atoms with Crippen LogP contribution in [0.25, 0.3) is 22.8 Å². The predicted molar refractivity (Wildman–Crippen MR) is 123 cm³/mol. The molecule has 0 atom stereocenters. The Morgan fingerprint density at radius 3 is 2.39 bits per heavy atom. The highest BCUT2D eigenvalue weighted by atomic mass is 16.5. The van der Waals surface area contributed by atoms with Gasteiger partial charge in [0.2, 0.25) is 5.82 Å². The zero-order valence-electron chi connectivity index (χ0n) is 17.7. The minimum absolute atomic E-state index is 0.246. The van der Waals surface area contributed by atoms with Crippen LogP contribution in [-0.2, 0) is 0 Å². The third-order valence-electron chi connectivity index (χ3n) is 4.90. The van der Waals surface area contributed by atoms with Crippen LogP contribution in [-0.4, -0.2) is 16.0 Å². The second-order valence-corrected chi connectivity index (χ2v) is 7.37. The molecule has 7 nitrogen and oxygen atoms in total. The van der Waals surface area contributed by atoms with Crippen molar-refractivity contribution in [2.75, 3.05) is 5.32 Å². The number of hydrogen-bond donors (Lipinski definition) is 1. The summed E-state index contributed by atoms with van der Waals surface area (Å²) in [4.78, 5) is 16.6. The van der Waals surface area contributed by atoms with E-state index in [1.165, 1.54) is 6.26 Å². The molecule has 2 aromatic heterocycles. The van der Waals surface area contributed by atoms with Crippen molar-refractivity contribution in [2.24, 2.45) is 0 Å².